The van der Waals surface area contributed by atoms with Crippen molar-refractivity contribution in [3.8, 4) is 0 Å². The number of sulfonamides is 1. The van der Waals surface area contributed by atoms with Crippen LogP contribution < -0.4 is 4.72 Å². The lowest BCUT2D eigenvalue weighted by Crippen LogP contribution is -2.25. The molecule has 1 heterocycles. The first kappa shape index (κ1) is 21.0. The fourth-order valence-electron chi connectivity index (χ4n) is 2.50. The molecule has 3 rings (SSSR count). The van der Waals surface area contributed by atoms with Crippen LogP contribution in [0.3, 0.4) is 0 Å². The fourth-order valence-corrected chi connectivity index (χ4v) is 5.06. The summed E-state index contributed by atoms with van der Waals surface area (Å²) in [5, 5.41) is 0. The van der Waals surface area contributed by atoms with Gasteiger partial charge in [-0.2, -0.15) is 0 Å². The fraction of sp³-hybridized carbons (Fsp3) is 0.100. The minimum atomic E-state index is -3.93. The van der Waals surface area contributed by atoms with Crippen molar-refractivity contribution < 1.29 is 22.7 Å². The second-order valence-corrected chi connectivity index (χ2v) is 9.61. The van der Waals surface area contributed by atoms with Crippen LogP contribution in [0.15, 0.2) is 70.9 Å². The maximum absolute atomic E-state index is 12.6. The van der Waals surface area contributed by atoms with E-state index in [-0.39, 0.29) is 21.2 Å². The lowest BCUT2D eigenvalue weighted by molar-refractivity contribution is 0.0320. The van der Waals surface area contributed by atoms with Crippen molar-refractivity contribution in [2.45, 2.75) is 17.2 Å². The number of halogens is 1. The third-order valence-corrected chi connectivity index (χ3v) is 7.00. The topological polar surface area (TPSA) is 89.5 Å². The van der Waals surface area contributed by atoms with E-state index >= 15 is 0 Å². The van der Waals surface area contributed by atoms with Crippen molar-refractivity contribution >= 4 is 50.4 Å². The third-order valence-electron chi connectivity index (χ3n) is 3.92. The molecule has 1 unspecified atom stereocenters. The van der Waals surface area contributed by atoms with Gasteiger partial charge in [0, 0.05) is 5.56 Å². The number of hydrogen-bond donors (Lipinski definition) is 1. The van der Waals surface area contributed by atoms with E-state index in [1.54, 1.807) is 42.5 Å². The van der Waals surface area contributed by atoms with Crippen LogP contribution in [0.1, 0.15) is 27.6 Å². The Morgan fingerprint density at radius 3 is 2.31 bits per heavy atom. The Balaban J connectivity index is 1.79. The summed E-state index contributed by atoms with van der Waals surface area (Å²) >= 11 is 6.70. The van der Waals surface area contributed by atoms with E-state index in [2.05, 4.69) is 4.72 Å². The van der Waals surface area contributed by atoms with Crippen molar-refractivity contribution in [1.29, 1.82) is 0 Å². The van der Waals surface area contributed by atoms with Crippen molar-refractivity contribution in [2.75, 3.05) is 4.72 Å². The van der Waals surface area contributed by atoms with E-state index in [1.165, 1.54) is 31.2 Å². The molecule has 0 bridgehead atoms. The molecule has 29 heavy (non-hydrogen) atoms. The molecule has 0 aliphatic carbocycles. The van der Waals surface area contributed by atoms with Crippen molar-refractivity contribution in [3.05, 3.63) is 82.2 Å². The summed E-state index contributed by atoms with van der Waals surface area (Å²) in [4.78, 5) is 25.0. The van der Waals surface area contributed by atoms with E-state index in [0.29, 0.717) is 9.90 Å². The lowest BCUT2D eigenvalue weighted by Gasteiger charge is -2.15. The summed E-state index contributed by atoms with van der Waals surface area (Å²) in [5.74, 6) is -1.17. The van der Waals surface area contributed by atoms with Gasteiger partial charge in [-0.15, -0.1) is 11.3 Å². The van der Waals surface area contributed by atoms with E-state index in [0.717, 1.165) is 11.3 Å². The largest absolute Gasteiger partial charge is 0.451 e. The Morgan fingerprint density at radius 2 is 1.66 bits per heavy atom. The van der Waals surface area contributed by atoms with Crippen LogP contribution in [0.25, 0.3) is 0 Å². The predicted molar refractivity (Wildman–Crippen MR) is 112 cm³/mol. The Bertz CT molecular complexity index is 1140. The second-order valence-electron chi connectivity index (χ2n) is 5.99. The van der Waals surface area contributed by atoms with Crippen LogP contribution in [0, 0.1) is 0 Å². The quantitative estimate of drug-likeness (QED) is 0.419. The third kappa shape index (κ3) is 5.03. The average molecular weight is 450 g/mol. The van der Waals surface area contributed by atoms with Gasteiger partial charge in [0.05, 0.1) is 15.6 Å². The molecule has 150 valence electrons. The van der Waals surface area contributed by atoms with Gasteiger partial charge in [-0.1, -0.05) is 54.1 Å². The van der Waals surface area contributed by atoms with Crippen molar-refractivity contribution in [3.63, 3.8) is 0 Å². The first-order valence-electron chi connectivity index (χ1n) is 8.45. The molecule has 3 aromatic rings. The smallest absolute Gasteiger partial charge is 0.340 e. The molecule has 0 amide bonds. The van der Waals surface area contributed by atoms with Crippen LogP contribution >= 0.6 is 22.9 Å². The van der Waals surface area contributed by atoms with E-state index in [9.17, 15) is 18.0 Å². The lowest BCUT2D eigenvalue weighted by atomic mass is 10.1. The highest BCUT2D eigenvalue weighted by molar-refractivity contribution is 7.94. The second kappa shape index (κ2) is 8.77. The van der Waals surface area contributed by atoms with Crippen LogP contribution in [0.4, 0.5) is 5.69 Å². The molecule has 0 saturated heterocycles. The molecule has 6 nitrogen and oxygen atoms in total. The molecule has 0 fully saturated rings. The van der Waals surface area contributed by atoms with Gasteiger partial charge >= 0.3 is 5.97 Å². The number of benzene rings is 2. The molecule has 1 N–H and O–H groups in total. The summed E-state index contributed by atoms with van der Waals surface area (Å²) in [6.45, 7) is 1.47. The number of esters is 1. The van der Waals surface area contributed by atoms with Gasteiger partial charge in [0.25, 0.3) is 10.0 Å². The number of para-hydroxylation sites is 1. The molecular weight excluding hydrogens is 434 g/mol. The SMILES string of the molecule is CC(OC(=O)c1ccccc1NS(=O)(=O)c1ccc(Cl)s1)C(=O)c1ccccc1. The number of rotatable bonds is 7. The molecule has 0 spiro atoms. The first-order chi connectivity index (χ1) is 13.8. The number of carbonyl (C=O) groups is 2. The normalized spacial score (nSPS) is 12.2. The van der Waals surface area contributed by atoms with Crippen molar-refractivity contribution in [2.24, 2.45) is 0 Å². The molecule has 0 aliphatic rings. The van der Waals surface area contributed by atoms with Crippen LogP contribution in [-0.2, 0) is 14.8 Å². The highest BCUT2D eigenvalue weighted by Gasteiger charge is 2.24. The molecule has 9 heteroatoms. The highest BCUT2D eigenvalue weighted by atomic mass is 35.5. The summed E-state index contributed by atoms with van der Waals surface area (Å²) in [5.41, 5.74) is 0.448. The van der Waals surface area contributed by atoms with Crippen LogP contribution in [0.5, 0.6) is 0 Å². The molecule has 1 aromatic heterocycles. The number of Topliss-reactive ketones (excluding diaryl/α,β-unsaturated/α-hetero) is 1. The minimum absolute atomic E-state index is 0.00793. The van der Waals surface area contributed by atoms with Gasteiger partial charge in [0.15, 0.2) is 6.10 Å². The summed E-state index contributed by atoms with van der Waals surface area (Å²) < 4.78 is 33.1. The van der Waals surface area contributed by atoms with Gasteiger partial charge < -0.3 is 4.74 Å². The zero-order valence-corrected chi connectivity index (χ0v) is 17.6. The van der Waals surface area contributed by atoms with Gasteiger partial charge in [-0.05, 0) is 31.2 Å². The maximum atomic E-state index is 12.6. The zero-order chi connectivity index (χ0) is 21.0. The predicted octanol–water partition coefficient (Wildman–Crippen LogP) is 4.63. The van der Waals surface area contributed by atoms with E-state index < -0.39 is 22.1 Å². The molecular formula is C20H16ClNO5S2. The van der Waals surface area contributed by atoms with Crippen LogP contribution in [-0.4, -0.2) is 26.3 Å². The van der Waals surface area contributed by atoms with Gasteiger partial charge in [-0.3, -0.25) is 9.52 Å². The number of hydrogen-bond acceptors (Lipinski definition) is 6. The molecule has 0 saturated carbocycles. The minimum Gasteiger partial charge on any atom is -0.451 e. The molecule has 0 aliphatic heterocycles. The molecule has 2 aromatic carbocycles. The standard InChI is InChI=1S/C20H16ClNO5S2/c1-13(19(23)14-7-3-2-4-8-14)27-20(24)15-9-5-6-10-16(15)22-29(25,26)18-12-11-17(21)28-18/h2-13,22H,1H3. The molecule has 0 radical (unpaired) electrons. The Morgan fingerprint density at radius 1 is 1.00 bits per heavy atom. The maximum Gasteiger partial charge on any atom is 0.340 e. The van der Waals surface area contributed by atoms with Gasteiger partial charge in [0.2, 0.25) is 5.78 Å². The van der Waals surface area contributed by atoms with E-state index in [4.69, 9.17) is 16.3 Å². The van der Waals surface area contributed by atoms with Gasteiger partial charge in [-0.25, -0.2) is 13.2 Å². The van der Waals surface area contributed by atoms with Crippen molar-refractivity contribution in [1.82, 2.24) is 0 Å². The van der Waals surface area contributed by atoms with Gasteiger partial charge in [0.1, 0.15) is 4.21 Å². The van der Waals surface area contributed by atoms with Crippen LogP contribution in [0.2, 0.25) is 4.34 Å². The Kier molecular flexibility index (Phi) is 6.36. The zero-order valence-electron chi connectivity index (χ0n) is 15.2. The molecule has 1 atom stereocenters. The number of ether oxygens (including phenoxy) is 1. The van der Waals surface area contributed by atoms with E-state index in [1.807, 2.05) is 0 Å². The number of thiophene rings is 1. The average Bonchev–Trinajstić information content (AvgIpc) is 3.15. The number of anilines is 1. The number of nitrogens with one attached hydrogen (secondary N) is 1. The number of carbonyl (C=O) groups excluding carboxylic acids is 2. The summed E-state index contributed by atoms with van der Waals surface area (Å²) in [6, 6.07) is 17.3. The summed E-state index contributed by atoms with van der Waals surface area (Å²) in [7, 11) is -3.93. The number of ketones is 1. The monoisotopic (exact) mass is 449 g/mol. The Hall–Kier alpha value is -2.68. The Labute approximate surface area is 177 Å². The summed E-state index contributed by atoms with van der Waals surface area (Å²) in [6.07, 6.45) is -1.04. The highest BCUT2D eigenvalue weighted by Crippen LogP contribution is 2.28. The first-order valence-corrected chi connectivity index (χ1v) is 11.1.